The average Bonchev–Trinajstić information content (AvgIpc) is 2.37. The topological polar surface area (TPSA) is 29.1 Å². The molecule has 1 amide bonds. The van der Waals surface area contributed by atoms with E-state index >= 15 is 0 Å². The van der Waals surface area contributed by atoms with Gasteiger partial charge in [-0.3, -0.25) is 4.79 Å². The maximum atomic E-state index is 10.4. The summed E-state index contributed by atoms with van der Waals surface area (Å²) in [6.45, 7) is 17.5. The summed E-state index contributed by atoms with van der Waals surface area (Å²) in [5, 5.41) is 2.64. The minimum absolute atomic E-state index is 0.111. The molecule has 0 aromatic heterocycles. The number of benzene rings is 1. The minimum Gasteiger partial charge on any atom is -0.350 e. The van der Waals surface area contributed by atoms with Crippen molar-refractivity contribution in [2.75, 3.05) is 0 Å². The summed E-state index contributed by atoms with van der Waals surface area (Å²) < 4.78 is 0. The molecule has 0 radical (unpaired) electrons. The van der Waals surface area contributed by atoms with Crippen molar-refractivity contribution < 1.29 is 4.79 Å². The normalized spacial score (nSPS) is 10.3. The number of carbonyl (C=O) groups excluding carboxylic acids is 1. The lowest BCUT2D eigenvalue weighted by molar-refractivity contribution is -0.116. The second-order valence-corrected chi connectivity index (χ2v) is 5.94. The highest BCUT2D eigenvalue weighted by Gasteiger charge is 2.12. The number of hydrogen-bond donors (Lipinski definition) is 1. The lowest BCUT2D eigenvalue weighted by Crippen LogP contribution is -2.27. The van der Waals surface area contributed by atoms with Gasteiger partial charge < -0.3 is 5.32 Å². The lowest BCUT2D eigenvalue weighted by Gasteiger charge is -2.18. The van der Waals surface area contributed by atoms with Gasteiger partial charge in [0, 0.05) is 6.04 Å². The molecule has 0 atom stereocenters. The van der Waals surface area contributed by atoms with Crippen LogP contribution in [0.25, 0.3) is 6.08 Å². The number of carbonyl (C=O) groups is 1. The molecule has 0 aliphatic heterocycles. The standard InChI is InChI=1S/C12H16.C6H11NO/c1-5-10-6-8-11(9-7-10)12(2,3)4;1-4-6(8)7-5(2)3/h5-9H,1H2,2-4H3;4-5H,1H2,2-3H3,(H,7,8). The quantitative estimate of drug-likeness (QED) is 0.816. The SMILES string of the molecule is C=CC(=O)NC(C)C.C=Cc1ccc(C(C)(C)C)cc1. The maximum Gasteiger partial charge on any atom is 0.243 e. The first-order chi connectivity index (χ1) is 9.20. The van der Waals surface area contributed by atoms with Crippen molar-refractivity contribution in [3.8, 4) is 0 Å². The lowest BCUT2D eigenvalue weighted by atomic mass is 9.87. The largest absolute Gasteiger partial charge is 0.350 e. The van der Waals surface area contributed by atoms with Crippen molar-refractivity contribution in [2.24, 2.45) is 0 Å². The Bertz CT molecular complexity index is 435. The van der Waals surface area contributed by atoms with E-state index in [9.17, 15) is 4.79 Å². The van der Waals surface area contributed by atoms with Gasteiger partial charge in [-0.05, 0) is 36.5 Å². The van der Waals surface area contributed by atoms with Crippen LogP contribution in [0.5, 0.6) is 0 Å². The second kappa shape index (κ2) is 8.36. The molecule has 1 rings (SSSR count). The van der Waals surface area contributed by atoms with Crippen LogP contribution in [0.4, 0.5) is 0 Å². The summed E-state index contributed by atoms with van der Waals surface area (Å²) in [7, 11) is 0. The molecule has 0 aliphatic carbocycles. The fraction of sp³-hybridized carbons (Fsp3) is 0.389. The van der Waals surface area contributed by atoms with Crippen molar-refractivity contribution >= 4 is 12.0 Å². The van der Waals surface area contributed by atoms with Gasteiger partial charge in [-0.25, -0.2) is 0 Å². The molecule has 0 heterocycles. The molecule has 2 nitrogen and oxygen atoms in total. The van der Waals surface area contributed by atoms with Crippen LogP contribution in [0.15, 0.2) is 43.5 Å². The Kier molecular flexibility index (Phi) is 7.60. The predicted molar refractivity (Wildman–Crippen MR) is 88.7 cm³/mol. The Labute approximate surface area is 123 Å². The summed E-state index contributed by atoms with van der Waals surface area (Å²) in [6.07, 6.45) is 3.13. The molecule has 20 heavy (non-hydrogen) atoms. The van der Waals surface area contributed by atoms with Gasteiger partial charge in [-0.15, -0.1) is 0 Å². The number of nitrogens with one attached hydrogen (secondary N) is 1. The Morgan fingerprint density at radius 1 is 1.15 bits per heavy atom. The van der Waals surface area contributed by atoms with Gasteiger partial charge in [0.05, 0.1) is 0 Å². The molecule has 0 unspecified atom stereocenters. The molecule has 1 N–H and O–H groups in total. The zero-order chi connectivity index (χ0) is 15.8. The van der Waals surface area contributed by atoms with E-state index in [4.69, 9.17) is 0 Å². The number of hydrogen-bond acceptors (Lipinski definition) is 1. The van der Waals surface area contributed by atoms with E-state index in [1.54, 1.807) is 0 Å². The van der Waals surface area contributed by atoms with Crippen LogP contribution in [-0.4, -0.2) is 11.9 Å². The highest BCUT2D eigenvalue weighted by atomic mass is 16.1. The third-order valence-electron chi connectivity index (χ3n) is 2.63. The third kappa shape index (κ3) is 7.57. The van der Waals surface area contributed by atoms with Crippen LogP contribution in [0.2, 0.25) is 0 Å². The van der Waals surface area contributed by atoms with E-state index in [1.807, 2.05) is 19.9 Å². The highest BCUT2D eigenvalue weighted by molar-refractivity contribution is 5.86. The van der Waals surface area contributed by atoms with E-state index in [0.717, 1.165) is 0 Å². The van der Waals surface area contributed by atoms with E-state index in [2.05, 4.69) is 63.5 Å². The third-order valence-corrected chi connectivity index (χ3v) is 2.63. The van der Waals surface area contributed by atoms with Gasteiger partial charge in [-0.2, -0.15) is 0 Å². The monoisotopic (exact) mass is 273 g/mol. The summed E-state index contributed by atoms with van der Waals surface area (Å²) in [6, 6.07) is 8.75. The first-order valence-corrected chi connectivity index (χ1v) is 6.86. The Morgan fingerprint density at radius 2 is 1.65 bits per heavy atom. The molecular weight excluding hydrogens is 246 g/mol. The zero-order valence-electron chi connectivity index (χ0n) is 13.4. The average molecular weight is 273 g/mol. The van der Waals surface area contributed by atoms with E-state index in [1.165, 1.54) is 17.2 Å². The zero-order valence-corrected chi connectivity index (χ0v) is 13.4. The van der Waals surface area contributed by atoms with Gasteiger partial charge in [0.2, 0.25) is 5.91 Å². The Morgan fingerprint density at radius 3 is 1.90 bits per heavy atom. The van der Waals surface area contributed by atoms with Crippen LogP contribution in [0, 0.1) is 0 Å². The minimum atomic E-state index is -0.111. The smallest absolute Gasteiger partial charge is 0.243 e. The fourth-order valence-corrected chi connectivity index (χ4v) is 1.46. The molecule has 0 aliphatic rings. The van der Waals surface area contributed by atoms with Gasteiger partial charge in [0.25, 0.3) is 0 Å². The van der Waals surface area contributed by atoms with Crippen molar-refractivity contribution in [1.82, 2.24) is 5.32 Å². The van der Waals surface area contributed by atoms with E-state index in [0.29, 0.717) is 0 Å². The number of amides is 1. The van der Waals surface area contributed by atoms with Crippen LogP contribution >= 0.6 is 0 Å². The Balaban J connectivity index is 0.000000396. The molecular formula is C18H27NO. The first kappa shape index (κ1) is 18.2. The predicted octanol–water partition coefficient (Wildman–Crippen LogP) is 4.32. The molecule has 110 valence electrons. The molecule has 0 saturated carbocycles. The van der Waals surface area contributed by atoms with Crippen molar-refractivity contribution in [3.05, 3.63) is 54.6 Å². The van der Waals surface area contributed by atoms with Gasteiger partial charge in [0.1, 0.15) is 0 Å². The van der Waals surface area contributed by atoms with Crippen LogP contribution in [0.1, 0.15) is 45.7 Å². The summed E-state index contributed by atoms with van der Waals surface area (Å²) in [5.41, 5.74) is 2.80. The number of rotatable bonds is 3. The van der Waals surface area contributed by atoms with Gasteiger partial charge >= 0.3 is 0 Å². The van der Waals surface area contributed by atoms with Crippen LogP contribution in [0.3, 0.4) is 0 Å². The van der Waals surface area contributed by atoms with E-state index in [-0.39, 0.29) is 17.4 Å². The molecule has 1 aromatic carbocycles. The fourth-order valence-electron chi connectivity index (χ4n) is 1.46. The Hall–Kier alpha value is -1.83. The van der Waals surface area contributed by atoms with Gasteiger partial charge in [0.15, 0.2) is 0 Å². The van der Waals surface area contributed by atoms with Crippen LogP contribution in [-0.2, 0) is 10.2 Å². The molecule has 2 heteroatoms. The van der Waals surface area contributed by atoms with Gasteiger partial charge in [-0.1, -0.05) is 64.3 Å². The molecule has 0 fully saturated rings. The van der Waals surface area contributed by atoms with Crippen molar-refractivity contribution in [3.63, 3.8) is 0 Å². The first-order valence-electron chi connectivity index (χ1n) is 6.86. The molecule has 0 spiro atoms. The van der Waals surface area contributed by atoms with Crippen molar-refractivity contribution in [1.29, 1.82) is 0 Å². The second-order valence-electron chi connectivity index (χ2n) is 5.94. The maximum absolute atomic E-state index is 10.4. The molecule has 1 aromatic rings. The summed E-state index contributed by atoms with van der Waals surface area (Å²) in [4.78, 5) is 10.4. The summed E-state index contributed by atoms with van der Waals surface area (Å²) >= 11 is 0. The van der Waals surface area contributed by atoms with Crippen LogP contribution < -0.4 is 5.32 Å². The highest BCUT2D eigenvalue weighted by Crippen LogP contribution is 2.22. The van der Waals surface area contributed by atoms with Crippen molar-refractivity contribution in [2.45, 2.75) is 46.1 Å². The van der Waals surface area contributed by atoms with E-state index < -0.39 is 0 Å². The molecule has 0 bridgehead atoms. The summed E-state index contributed by atoms with van der Waals surface area (Å²) in [5.74, 6) is -0.111. The molecule has 0 saturated heterocycles.